The van der Waals surface area contributed by atoms with Gasteiger partial charge in [0.1, 0.15) is 0 Å². The van der Waals surface area contributed by atoms with Gasteiger partial charge in [0.05, 0.1) is 12.0 Å². The van der Waals surface area contributed by atoms with Gasteiger partial charge >= 0.3 is 11.9 Å². The van der Waals surface area contributed by atoms with Crippen molar-refractivity contribution in [3.05, 3.63) is 16.4 Å². The number of rotatable bonds is 4. The highest BCUT2D eigenvalue weighted by Gasteiger charge is 2.25. The number of hydrogen-bond acceptors (Lipinski definition) is 5. The number of nitro groups is 1. The fourth-order valence-corrected chi connectivity index (χ4v) is 0.981. The standard InChI is InChI=1S/C7H10N4O4/c1-4(6(12)13)5(2)10-3-8-7(9-10)11(14)15/h3-5H,1-2H3,(H,12,13). The smallest absolute Gasteiger partial charge is 0.481 e. The van der Waals surface area contributed by atoms with E-state index in [-0.39, 0.29) is 0 Å². The van der Waals surface area contributed by atoms with E-state index in [0.717, 1.165) is 6.33 Å². The Morgan fingerprint density at radius 1 is 1.67 bits per heavy atom. The number of hydrogen-bond donors (Lipinski definition) is 1. The maximum Gasteiger partial charge on any atom is 0.490 e. The van der Waals surface area contributed by atoms with Crippen LogP contribution in [0.3, 0.4) is 0 Å². The summed E-state index contributed by atoms with van der Waals surface area (Å²) in [7, 11) is 0. The first-order chi connectivity index (χ1) is 6.93. The predicted octanol–water partition coefficient (Wildman–Crippen LogP) is 0.468. The Morgan fingerprint density at radius 3 is 2.67 bits per heavy atom. The Morgan fingerprint density at radius 2 is 2.27 bits per heavy atom. The van der Waals surface area contributed by atoms with Crippen molar-refractivity contribution in [2.45, 2.75) is 19.9 Å². The van der Waals surface area contributed by atoms with E-state index in [1.807, 2.05) is 0 Å². The van der Waals surface area contributed by atoms with Gasteiger partial charge in [0, 0.05) is 5.10 Å². The van der Waals surface area contributed by atoms with E-state index >= 15 is 0 Å². The molecule has 1 N–H and O–H groups in total. The van der Waals surface area contributed by atoms with Crippen LogP contribution in [0.25, 0.3) is 0 Å². The van der Waals surface area contributed by atoms with Gasteiger partial charge in [0.15, 0.2) is 0 Å². The molecule has 0 saturated carbocycles. The van der Waals surface area contributed by atoms with E-state index in [4.69, 9.17) is 5.11 Å². The first-order valence-electron chi connectivity index (χ1n) is 4.22. The zero-order valence-corrected chi connectivity index (χ0v) is 8.19. The summed E-state index contributed by atoms with van der Waals surface area (Å²) < 4.78 is 1.18. The van der Waals surface area contributed by atoms with Gasteiger partial charge in [-0.1, -0.05) is 4.98 Å². The Balaban J connectivity index is 2.87. The van der Waals surface area contributed by atoms with E-state index in [0.29, 0.717) is 0 Å². The summed E-state index contributed by atoms with van der Waals surface area (Å²) in [5.74, 6) is -2.20. The first kappa shape index (κ1) is 11.1. The molecule has 1 rings (SSSR count). The van der Waals surface area contributed by atoms with E-state index < -0.39 is 28.8 Å². The molecule has 0 saturated heterocycles. The highest BCUT2D eigenvalue weighted by Crippen LogP contribution is 2.17. The minimum Gasteiger partial charge on any atom is -0.481 e. The van der Waals surface area contributed by atoms with Gasteiger partial charge in [0.25, 0.3) is 0 Å². The van der Waals surface area contributed by atoms with Crippen LogP contribution in [0.4, 0.5) is 5.95 Å². The lowest BCUT2D eigenvalue weighted by molar-refractivity contribution is -0.394. The SMILES string of the molecule is CC(C(=O)O)C(C)n1cnc([N+](=O)[O-])n1. The third-order valence-electron chi connectivity index (χ3n) is 2.19. The molecule has 1 heterocycles. The van der Waals surface area contributed by atoms with Crippen LogP contribution in [-0.4, -0.2) is 30.8 Å². The van der Waals surface area contributed by atoms with E-state index in [1.165, 1.54) is 11.6 Å². The average molecular weight is 214 g/mol. The molecule has 0 bridgehead atoms. The number of aliphatic carboxylic acids is 1. The monoisotopic (exact) mass is 214 g/mol. The van der Waals surface area contributed by atoms with Crippen molar-refractivity contribution in [3.8, 4) is 0 Å². The van der Waals surface area contributed by atoms with Crippen LogP contribution >= 0.6 is 0 Å². The van der Waals surface area contributed by atoms with Gasteiger partial charge in [-0.3, -0.25) is 4.79 Å². The van der Waals surface area contributed by atoms with Crippen LogP contribution in [0, 0.1) is 16.0 Å². The average Bonchev–Trinajstić information content (AvgIpc) is 2.64. The summed E-state index contributed by atoms with van der Waals surface area (Å²) in [6.07, 6.45) is 1.16. The predicted molar refractivity (Wildman–Crippen MR) is 48.2 cm³/mol. The molecule has 8 nitrogen and oxygen atoms in total. The molecule has 0 fully saturated rings. The van der Waals surface area contributed by atoms with Crippen molar-refractivity contribution in [2.24, 2.45) is 5.92 Å². The molecular formula is C7H10N4O4. The van der Waals surface area contributed by atoms with Crippen molar-refractivity contribution in [1.29, 1.82) is 0 Å². The minimum absolute atomic E-state index is 0.483. The Hall–Kier alpha value is -1.99. The van der Waals surface area contributed by atoms with Gasteiger partial charge in [-0.25, -0.2) is 0 Å². The van der Waals surface area contributed by atoms with Gasteiger partial charge in [-0.2, -0.15) is 4.68 Å². The molecule has 0 amide bonds. The highest BCUT2D eigenvalue weighted by molar-refractivity contribution is 5.70. The molecule has 2 unspecified atom stereocenters. The van der Waals surface area contributed by atoms with E-state index in [2.05, 4.69) is 10.1 Å². The van der Waals surface area contributed by atoms with Crippen LogP contribution in [-0.2, 0) is 4.79 Å². The second-order valence-corrected chi connectivity index (χ2v) is 3.15. The van der Waals surface area contributed by atoms with Crippen LogP contribution < -0.4 is 0 Å². The van der Waals surface area contributed by atoms with Crippen LogP contribution in [0.2, 0.25) is 0 Å². The third-order valence-corrected chi connectivity index (χ3v) is 2.19. The fourth-order valence-electron chi connectivity index (χ4n) is 0.981. The molecule has 1 aromatic rings. The zero-order chi connectivity index (χ0) is 11.6. The number of aromatic nitrogens is 3. The van der Waals surface area contributed by atoms with Crippen molar-refractivity contribution >= 4 is 11.9 Å². The summed E-state index contributed by atoms with van der Waals surface area (Å²) >= 11 is 0. The van der Waals surface area contributed by atoms with Gasteiger partial charge in [0.2, 0.25) is 6.33 Å². The number of carboxylic acid groups (broad SMARTS) is 1. The summed E-state index contributed by atoms with van der Waals surface area (Å²) in [6, 6.07) is -0.483. The number of carbonyl (C=O) groups is 1. The second-order valence-electron chi connectivity index (χ2n) is 3.15. The molecular weight excluding hydrogens is 204 g/mol. The van der Waals surface area contributed by atoms with Crippen molar-refractivity contribution in [1.82, 2.24) is 14.8 Å². The summed E-state index contributed by atoms with van der Waals surface area (Å²) in [5.41, 5.74) is 0. The third kappa shape index (κ3) is 2.27. The lowest BCUT2D eigenvalue weighted by atomic mass is 10.1. The van der Waals surface area contributed by atoms with Crippen molar-refractivity contribution < 1.29 is 14.8 Å². The summed E-state index contributed by atoms with van der Waals surface area (Å²) in [6.45, 7) is 3.11. The topological polar surface area (TPSA) is 111 Å². The molecule has 15 heavy (non-hydrogen) atoms. The molecule has 0 aliphatic carbocycles. The van der Waals surface area contributed by atoms with Gasteiger partial charge in [-0.15, -0.1) is 0 Å². The molecule has 2 atom stereocenters. The van der Waals surface area contributed by atoms with Crippen LogP contribution in [0.5, 0.6) is 0 Å². The molecule has 0 aromatic carbocycles. The lowest BCUT2D eigenvalue weighted by Gasteiger charge is -2.12. The number of nitrogens with zero attached hydrogens (tertiary/aromatic N) is 4. The molecule has 8 heteroatoms. The Bertz CT molecular complexity index is 388. The molecule has 1 aromatic heterocycles. The first-order valence-corrected chi connectivity index (χ1v) is 4.22. The van der Waals surface area contributed by atoms with Crippen molar-refractivity contribution in [3.63, 3.8) is 0 Å². The molecule has 0 spiro atoms. The zero-order valence-electron chi connectivity index (χ0n) is 8.19. The largest absolute Gasteiger partial charge is 0.490 e. The molecule has 0 aliphatic rings. The quantitative estimate of drug-likeness (QED) is 0.575. The Kier molecular flexibility index (Phi) is 2.98. The van der Waals surface area contributed by atoms with Crippen LogP contribution in [0.1, 0.15) is 19.9 Å². The summed E-state index contributed by atoms with van der Waals surface area (Å²) in [4.78, 5) is 23.7. The van der Waals surface area contributed by atoms with Gasteiger partial charge in [-0.05, 0) is 18.8 Å². The normalized spacial score (nSPS) is 14.5. The number of carboxylic acids is 1. The van der Waals surface area contributed by atoms with Gasteiger partial charge < -0.3 is 15.2 Å². The van der Waals surface area contributed by atoms with Crippen molar-refractivity contribution in [2.75, 3.05) is 0 Å². The summed E-state index contributed by atoms with van der Waals surface area (Å²) in [5, 5.41) is 22.6. The van der Waals surface area contributed by atoms with Crippen LogP contribution in [0.15, 0.2) is 6.33 Å². The maximum atomic E-state index is 10.7. The minimum atomic E-state index is -0.986. The van der Waals surface area contributed by atoms with E-state index in [1.54, 1.807) is 6.92 Å². The molecule has 82 valence electrons. The second kappa shape index (κ2) is 4.03. The maximum absolute atomic E-state index is 10.7. The van der Waals surface area contributed by atoms with E-state index in [9.17, 15) is 14.9 Å². The fraction of sp³-hybridized carbons (Fsp3) is 0.571. The Labute approximate surface area is 84.7 Å². The molecule has 0 radical (unpaired) electrons. The lowest BCUT2D eigenvalue weighted by Crippen LogP contribution is -2.22. The highest BCUT2D eigenvalue weighted by atomic mass is 16.6. The molecule has 0 aliphatic heterocycles.